The Morgan fingerprint density at radius 2 is 2.50 bits per heavy atom. The minimum atomic E-state index is 0.452. The zero-order chi connectivity index (χ0) is 8.81. The lowest BCUT2D eigenvalue weighted by atomic mass is 10.4. The molecule has 3 heteroatoms. The van der Waals surface area contributed by atoms with Crippen molar-refractivity contribution in [1.29, 1.82) is 0 Å². The standard InChI is InChI=1S/C9H10N2O/c1-2-3-7-12-9-8(10)5-4-6-11-9/h1,4-6H,3,7,10H2. The Bertz CT molecular complexity index is 291. The number of anilines is 1. The van der Waals surface area contributed by atoms with Gasteiger partial charge in [-0.3, -0.25) is 0 Å². The van der Waals surface area contributed by atoms with E-state index in [0.717, 1.165) is 0 Å². The SMILES string of the molecule is C#CCCOc1ncccc1N. The monoisotopic (exact) mass is 162 g/mol. The van der Waals surface area contributed by atoms with Crippen molar-refractivity contribution in [3.05, 3.63) is 18.3 Å². The second kappa shape index (κ2) is 4.24. The first kappa shape index (κ1) is 8.41. The van der Waals surface area contributed by atoms with E-state index < -0.39 is 0 Å². The Kier molecular flexibility index (Phi) is 2.97. The van der Waals surface area contributed by atoms with Gasteiger partial charge in [-0.15, -0.1) is 12.3 Å². The lowest BCUT2D eigenvalue weighted by Crippen LogP contribution is -2.00. The van der Waals surface area contributed by atoms with Crippen molar-refractivity contribution in [3.63, 3.8) is 0 Å². The van der Waals surface area contributed by atoms with Crippen molar-refractivity contribution in [2.75, 3.05) is 12.3 Å². The van der Waals surface area contributed by atoms with Crippen molar-refractivity contribution in [3.8, 4) is 18.2 Å². The molecule has 0 aliphatic rings. The lowest BCUT2D eigenvalue weighted by molar-refractivity contribution is 0.316. The first-order valence-corrected chi connectivity index (χ1v) is 3.61. The second-order valence-corrected chi connectivity index (χ2v) is 2.20. The van der Waals surface area contributed by atoms with Crippen LogP contribution in [0, 0.1) is 12.3 Å². The highest BCUT2D eigenvalue weighted by Crippen LogP contribution is 2.15. The summed E-state index contributed by atoms with van der Waals surface area (Å²) in [4.78, 5) is 3.93. The number of pyridine rings is 1. The number of rotatable bonds is 3. The molecule has 1 aromatic rings. The van der Waals surface area contributed by atoms with E-state index in [0.29, 0.717) is 24.6 Å². The van der Waals surface area contributed by atoms with Crippen LogP contribution in [0.15, 0.2) is 18.3 Å². The van der Waals surface area contributed by atoms with E-state index in [1.54, 1.807) is 18.3 Å². The smallest absolute Gasteiger partial charge is 0.237 e. The number of nitrogen functional groups attached to an aromatic ring is 1. The molecule has 0 unspecified atom stereocenters. The van der Waals surface area contributed by atoms with Gasteiger partial charge in [0.2, 0.25) is 5.88 Å². The Balaban J connectivity index is 2.53. The van der Waals surface area contributed by atoms with Gasteiger partial charge in [0.1, 0.15) is 6.61 Å². The summed E-state index contributed by atoms with van der Waals surface area (Å²) < 4.78 is 5.20. The minimum Gasteiger partial charge on any atom is -0.475 e. The van der Waals surface area contributed by atoms with E-state index in [1.165, 1.54) is 0 Å². The van der Waals surface area contributed by atoms with E-state index >= 15 is 0 Å². The molecule has 3 nitrogen and oxygen atoms in total. The molecule has 0 spiro atoms. The maximum atomic E-state index is 5.56. The zero-order valence-electron chi connectivity index (χ0n) is 6.66. The summed E-state index contributed by atoms with van der Waals surface area (Å²) >= 11 is 0. The lowest BCUT2D eigenvalue weighted by Gasteiger charge is -2.04. The van der Waals surface area contributed by atoms with Gasteiger partial charge in [0, 0.05) is 12.6 Å². The number of nitrogens with two attached hydrogens (primary N) is 1. The molecule has 0 fully saturated rings. The van der Waals surface area contributed by atoms with Gasteiger partial charge in [-0.05, 0) is 12.1 Å². The molecule has 2 N–H and O–H groups in total. The molecule has 0 bridgehead atoms. The number of aromatic nitrogens is 1. The Labute approximate surface area is 71.6 Å². The van der Waals surface area contributed by atoms with Crippen LogP contribution in [0.5, 0.6) is 5.88 Å². The van der Waals surface area contributed by atoms with Crippen LogP contribution in [-0.2, 0) is 0 Å². The van der Waals surface area contributed by atoms with Gasteiger partial charge in [-0.25, -0.2) is 4.98 Å². The minimum absolute atomic E-state index is 0.452. The molecule has 0 aromatic carbocycles. The van der Waals surface area contributed by atoms with Crippen LogP contribution >= 0.6 is 0 Å². The molecule has 62 valence electrons. The normalized spacial score (nSPS) is 8.92. The average molecular weight is 162 g/mol. The molecule has 0 aliphatic heterocycles. The van der Waals surface area contributed by atoms with E-state index in [-0.39, 0.29) is 0 Å². The summed E-state index contributed by atoms with van der Waals surface area (Å²) in [5, 5.41) is 0. The number of terminal acetylenes is 1. The molecule has 0 saturated carbocycles. The van der Waals surface area contributed by atoms with Crippen LogP contribution in [0.1, 0.15) is 6.42 Å². The molecule has 1 rings (SSSR count). The van der Waals surface area contributed by atoms with Crippen molar-refractivity contribution in [2.45, 2.75) is 6.42 Å². The van der Waals surface area contributed by atoms with E-state index in [1.807, 2.05) is 0 Å². The third-order valence-corrected chi connectivity index (χ3v) is 1.29. The van der Waals surface area contributed by atoms with Crippen molar-refractivity contribution < 1.29 is 4.74 Å². The van der Waals surface area contributed by atoms with Crippen molar-refractivity contribution >= 4 is 5.69 Å². The first-order valence-electron chi connectivity index (χ1n) is 3.61. The fraction of sp³-hybridized carbons (Fsp3) is 0.222. The summed E-state index contributed by atoms with van der Waals surface area (Å²) in [6.45, 7) is 0.456. The number of ether oxygens (including phenoxy) is 1. The number of hydrogen-bond donors (Lipinski definition) is 1. The highest BCUT2D eigenvalue weighted by Gasteiger charge is 1.97. The van der Waals surface area contributed by atoms with Crippen LogP contribution in [0.4, 0.5) is 5.69 Å². The Hall–Kier alpha value is -1.69. The van der Waals surface area contributed by atoms with Crippen LogP contribution in [0.2, 0.25) is 0 Å². The van der Waals surface area contributed by atoms with Gasteiger partial charge in [-0.2, -0.15) is 0 Å². The number of nitrogens with zero attached hydrogens (tertiary/aromatic N) is 1. The molecule has 12 heavy (non-hydrogen) atoms. The van der Waals surface area contributed by atoms with Gasteiger partial charge in [0.25, 0.3) is 0 Å². The van der Waals surface area contributed by atoms with Gasteiger partial charge in [0.05, 0.1) is 5.69 Å². The first-order chi connectivity index (χ1) is 5.84. The van der Waals surface area contributed by atoms with Gasteiger partial charge < -0.3 is 10.5 Å². The molecule has 1 aromatic heterocycles. The van der Waals surface area contributed by atoms with Crippen LogP contribution in [-0.4, -0.2) is 11.6 Å². The van der Waals surface area contributed by atoms with Gasteiger partial charge in [0.15, 0.2) is 0 Å². The van der Waals surface area contributed by atoms with Gasteiger partial charge >= 0.3 is 0 Å². The van der Waals surface area contributed by atoms with Crippen LogP contribution in [0.25, 0.3) is 0 Å². The predicted molar refractivity (Wildman–Crippen MR) is 47.6 cm³/mol. The molecule has 0 aliphatic carbocycles. The molecular formula is C9H10N2O. The molecule has 0 atom stereocenters. The number of hydrogen-bond acceptors (Lipinski definition) is 3. The summed E-state index contributed by atoms with van der Waals surface area (Å²) in [5.41, 5.74) is 6.10. The largest absolute Gasteiger partial charge is 0.475 e. The van der Waals surface area contributed by atoms with E-state index in [2.05, 4.69) is 10.9 Å². The van der Waals surface area contributed by atoms with Crippen molar-refractivity contribution in [1.82, 2.24) is 4.98 Å². The predicted octanol–water partition coefficient (Wildman–Crippen LogP) is 1.07. The van der Waals surface area contributed by atoms with Crippen molar-refractivity contribution in [2.24, 2.45) is 0 Å². The summed E-state index contributed by atoms with van der Waals surface area (Å²) in [6, 6.07) is 3.49. The fourth-order valence-electron chi connectivity index (χ4n) is 0.730. The topological polar surface area (TPSA) is 48.1 Å². The Morgan fingerprint density at radius 3 is 3.17 bits per heavy atom. The maximum Gasteiger partial charge on any atom is 0.237 e. The highest BCUT2D eigenvalue weighted by atomic mass is 16.5. The Morgan fingerprint density at radius 1 is 1.67 bits per heavy atom. The van der Waals surface area contributed by atoms with Crippen LogP contribution in [0.3, 0.4) is 0 Å². The second-order valence-electron chi connectivity index (χ2n) is 2.20. The third kappa shape index (κ3) is 2.17. The average Bonchev–Trinajstić information content (AvgIpc) is 2.09. The summed E-state index contributed by atoms with van der Waals surface area (Å²) in [5.74, 6) is 2.92. The molecule has 0 radical (unpaired) electrons. The van der Waals surface area contributed by atoms with Gasteiger partial charge in [-0.1, -0.05) is 0 Å². The fourth-order valence-corrected chi connectivity index (χ4v) is 0.730. The highest BCUT2D eigenvalue weighted by molar-refractivity contribution is 5.46. The molecule has 0 saturated heterocycles. The summed E-state index contributed by atoms with van der Waals surface area (Å²) in [6.07, 6.45) is 7.24. The van der Waals surface area contributed by atoms with E-state index in [9.17, 15) is 0 Å². The molecular weight excluding hydrogens is 152 g/mol. The molecule has 0 amide bonds. The molecule has 1 heterocycles. The zero-order valence-corrected chi connectivity index (χ0v) is 6.66. The van der Waals surface area contributed by atoms with Crippen LogP contribution < -0.4 is 10.5 Å². The quantitative estimate of drug-likeness (QED) is 0.534. The summed E-state index contributed by atoms with van der Waals surface area (Å²) in [7, 11) is 0. The maximum absolute atomic E-state index is 5.56. The third-order valence-electron chi connectivity index (χ3n) is 1.29. The van der Waals surface area contributed by atoms with E-state index in [4.69, 9.17) is 16.9 Å².